The lowest BCUT2D eigenvalue weighted by Gasteiger charge is -2.15. The van der Waals surface area contributed by atoms with Gasteiger partial charge >= 0.3 is 5.97 Å². The Bertz CT molecular complexity index is 656. The molecule has 0 aromatic heterocycles. The lowest BCUT2D eigenvalue weighted by Crippen LogP contribution is -2.31. The highest BCUT2D eigenvalue weighted by Crippen LogP contribution is 2.38. The molecule has 24 heavy (non-hydrogen) atoms. The lowest BCUT2D eigenvalue weighted by atomic mass is 10.2. The number of aliphatic hydroxyl groups excluding tert-OH is 2. The monoisotopic (exact) mass is 369 g/mol. The van der Waals surface area contributed by atoms with Gasteiger partial charge < -0.3 is 15.3 Å². The van der Waals surface area contributed by atoms with Crippen LogP contribution in [0.1, 0.15) is 10.4 Å². The SMILES string of the molecule is O=C(O)c1ccc(N2C(=O)C(SCCO)=C(SCCO)C2=O)cc1. The summed E-state index contributed by atoms with van der Waals surface area (Å²) in [7, 11) is 0. The van der Waals surface area contributed by atoms with E-state index in [4.69, 9.17) is 15.3 Å². The summed E-state index contributed by atoms with van der Waals surface area (Å²) in [5.74, 6) is -1.59. The molecule has 1 aromatic rings. The number of thioether (sulfide) groups is 2. The number of rotatable bonds is 8. The van der Waals surface area contributed by atoms with Crippen LogP contribution < -0.4 is 4.90 Å². The van der Waals surface area contributed by atoms with Crippen molar-refractivity contribution in [3.63, 3.8) is 0 Å². The van der Waals surface area contributed by atoms with Gasteiger partial charge in [-0.3, -0.25) is 9.59 Å². The minimum Gasteiger partial charge on any atom is -0.478 e. The fourth-order valence-corrected chi connectivity index (χ4v) is 3.84. The highest BCUT2D eigenvalue weighted by molar-refractivity contribution is 8.08. The van der Waals surface area contributed by atoms with Gasteiger partial charge in [0.1, 0.15) is 0 Å². The van der Waals surface area contributed by atoms with Crippen molar-refractivity contribution in [1.82, 2.24) is 0 Å². The molecule has 128 valence electrons. The second-order valence-electron chi connectivity index (χ2n) is 4.60. The van der Waals surface area contributed by atoms with Crippen LogP contribution in [-0.4, -0.2) is 57.8 Å². The van der Waals surface area contributed by atoms with Crippen LogP contribution in [0.3, 0.4) is 0 Å². The molecule has 1 aromatic carbocycles. The number of anilines is 1. The standard InChI is InChI=1S/C15H15NO6S2/c17-5-7-23-11-12(24-8-6-18)14(20)16(13(11)19)10-3-1-9(2-4-10)15(21)22/h1-4,17-18H,5-8H2,(H,21,22). The normalized spacial score (nSPS) is 14.7. The van der Waals surface area contributed by atoms with E-state index in [-0.39, 0.29) is 45.8 Å². The Kier molecular flexibility index (Phi) is 6.44. The van der Waals surface area contributed by atoms with Crippen molar-refractivity contribution < 1.29 is 29.7 Å². The molecule has 0 saturated heterocycles. The van der Waals surface area contributed by atoms with Gasteiger partial charge in [-0.25, -0.2) is 9.69 Å². The second-order valence-corrected chi connectivity index (χ2v) is 6.81. The van der Waals surface area contributed by atoms with Crippen molar-refractivity contribution in [3.05, 3.63) is 39.6 Å². The molecule has 9 heteroatoms. The summed E-state index contributed by atoms with van der Waals surface area (Å²) < 4.78 is 0. The van der Waals surface area contributed by atoms with Gasteiger partial charge in [-0.1, -0.05) is 0 Å². The van der Waals surface area contributed by atoms with Crippen molar-refractivity contribution in [3.8, 4) is 0 Å². The van der Waals surface area contributed by atoms with Gasteiger partial charge in [0, 0.05) is 11.5 Å². The van der Waals surface area contributed by atoms with Crippen LogP contribution in [-0.2, 0) is 9.59 Å². The Hall–Kier alpha value is -1.81. The molecule has 1 heterocycles. The number of nitrogens with zero attached hydrogens (tertiary/aromatic N) is 1. The first-order valence-corrected chi connectivity index (χ1v) is 8.92. The maximum absolute atomic E-state index is 12.6. The van der Waals surface area contributed by atoms with E-state index in [1.807, 2.05) is 0 Å². The number of hydrogen-bond acceptors (Lipinski definition) is 7. The Labute approximate surface area is 146 Å². The fourth-order valence-electron chi connectivity index (χ4n) is 2.03. The summed E-state index contributed by atoms with van der Waals surface area (Å²) in [5, 5.41) is 26.8. The molecule has 2 rings (SSSR count). The summed E-state index contributed by atoms with van der Waals surface area (Å²) in [6.45, 7) is -0.276. The van der Waals surface area contributed by atoms with Crippen molar-refractivity contribution in [1.29, 1.82) is 0 Å². The quantitative estimate of drug-likeness (QED) is 0.580. The second kappa shape index (κ2) is 8.34. The Morgan fingerprint density at radius 3 is 1.75 bits per heavy atom. The van der Waals surface area contributed by atoms with Crippen LogP contribution in [0.4, 0.5) is 5.69 Å². The number of amides is 2. The van der Waals surface area contributed by atoms with Crippen LogP contribution in [0.15, 0.2) is 34.1 Å². The van der Waals surface area contributed by atoms with Gasteiger partial charge in [-0.2, -0.15) is 0 Å². The number of imide groups is 1. The number of benzene rings is 1. The molecule has 1 aliphatic heterocycles. The summed E-state index contributed by atoms with van der Waals surface area (Å²) in [4.78, 5) is 37.5. The van der Waals surface area contributed by atoms with Crippen LogP contribution in [0.5, 0.6) is 0 Å². The number of carbonyl (C=O) groups excluding carboxylic acids is 2. The molecule has 1 aliphatic rings. The molecular formula is C15H15NO6S2. The topological polar surface area (TPSA) is 115 Å². The average Bonchev–Trinajstić information content (AvgIpc) is 2.81. The summed E-state index contributed by atoms with van der Waals surface area (Å²) in [6.07, 6.45) is 0. The average molecular weight is 369 g/mol. The first-order chi connectivity index (χ1) is 11.5. The van der Waals surface area contributed by atoms with Gasteiger partial charge in [0.05, 0.1) is 34.3 Å². The number of aromatic carboxylic acids is 1. The fraction of sp³-hybridized carbons (Fsp3) is 0.267. The van der Waals surface area contributed by atoms with Crippen LogP contribution in [0.2, 0.25) is 0 Å². The van der Waals surface area contributed by atoms with E-state index >= 15 is 0 Å². The van der Waals surface area contributed by atoms with Crippen LogP contribution >= 0.6 is 23.5 Å². The number of aliphatic hydroxyl groups is 2. The summed E-state index contributed by atoms with van der Waals surface area (Å²) in [5.41, 5.74) is 0.326. The highest BCUT2D eigenvalue weighted by Gasteiger charge is 2.39. The van der Waals surface area contributed by atoms with Crippen molar-refractivity contribution in [2.75, 3.05) is 29.6 Å². The Morgan fingerprint density at radius 2 is 1.38 bits per heavy atom. The zero-order valence-electron chi connectivity index (χ0n) is 12.5. The molecule has 0 unspecified atom stereocenters. The molecule has 0 aliphatic carbocycles. The highest BCUT2D eigenvalue weighted by atomic mass is 32.2. The molecule has 0 saturated carbocycles. The molecular weight excluding hydrogens is 354 g/mol. The predicted molar refractivity (Wildman–Crippen MR) is 92.0 cm³/mol. The van der Waals surface area contributed by atoms with Crippen LogP contribution in [0.25, 0.3) is 0 Å². The number of carbonyl (C=O) groups is 3. The third-order valence-corrected chi connectivity index (χ3v) is 5.29. The van der Waals surface area contributed by atoms with Crippen molar-refractivity contribution in [2.24, 2.45) is 0 Å². The van der Waals surface area contributed by atoms with E-state index < -0.39 is 17.8 Å². The zero-order chi connectivity index (χ0) is 17.7. The molecule has 0 spiro atoms. The lowest BCUT2D eigenvalue weighted by molar-refractivity contribution is -0.120. The minimum absolute atomic E-state index is 0.0514. The van der Waals surface area contributed by atoms with Gasteiger partial charge in [0.2, 0.25) is 0 Å². The van der Waals surface area contributed by atoms with E-state index in [2.05, 4.69) is 0 Å². The number of hydrogen-bond donors (Lipinski definition) is 3. The van der Waals surface area contributed by atoms with E-state index in [9.17, 15) is 14.4 Å². The minimum atomic E-state index is -1.10. The van der Waals surface area contributed by atoms with Gasteiger partial charge in [-0.15, -0.1) is 23.5 Å². The van der Waals surface area contributed by atoms with E-state index in [1.165, 1.54) is 24.3 Å². The molecule has 2 amide bonds. The largest absolute Gasteiger partial charge is 0.478 e. The maximum atomic E-state index is 12.6. The van der Waals surface area contributed by atoms with Gasteiger partial charge in [-0.05, 0) is 24.3 Å². The number of carboxylic acids is 1. The molecule has 0 fully saturated rings. The van der Waals surface area contributed by atoms with Gasteiger partial charge in [0.15, 0.2) is 0 Å². The Morgan fingerprint density at radius 1 is 0.917 bits per heavy atom. The zero-order valence-corrected chi connectivity index (χ0v) is 14.1. The van der Waals surface area contributed by atoms with E-state index in [0.29, 0.717) is 0 Å². The smallest absolute Gasteiger partial charge is 0.335 e. The molecule has 0 radical (unpaired) electrons. The number of carboxylic acid groups (broad SMARTS) is 1. The Balaban J connectivity index is 2.31. The van der Waals surface area contributed by atoms with Crippen LogP contribution in [0, 0.1) is 0 Å². The van der Waals surface area contributed by atoms with Crippen molar-refractivity contribution in [2.45, 2.75) is 0 Å². The summed E-state index contributed by atoms with van der Waals surface area (Å²) >= 11 is 2.16. The predicted octanol–water partition coefficient (Wildman–Crippen LogP) is 0.921. The first-order valence-electron chi connectivity index (χ1n) is 6.95. The summed E-state index contributed by atoms with van der Waals surface area (Å²) in [6, 6.07) is 5.43. The third kappa shape index (κ3) is 3.81. The molecule has 7 nitrogen and oxygen atoms in total. The maximum Gasteiger partial charge on any atom is 0.335 e. The molecule has 3 N–H and O–H groups in total. The third-order valence-electron chi connectivity index (χ3n) is 3.05. The van der Waals surface area contributed by atoms with E-state index in [1.54, 1.807) is 0 Å². The first kappa shape index (κ1) is 18.5. The molecule has 0 atom stereocenters. The van der Waals surface area contributed by atoms with E-state index in [0.717, 1.165) is 28.4 Å². The van der Waals surface area contributed by atoms with Crippen molar-refractivity contribution >= 4 is 47.0 Å². The van der Waals surface area contributed by atoms with Gasteiger partial charge in [0.25, 0.3) is 11.8 Å². The molecule has 0 bridgehead atoms.